The number of thiazole rings is 1. The van der Waals surface area contributed by atoms with Crippen LogP contribution in [0.15, 0.2) is 45.8 Å². The van der Waals surface area contributed by atoms with E-state index in [2.05, 4.69) is 25.6 Å². The lowest BCUT2D eigenvalue weighted by atomic mass is 10.2. The number of carbonyl (C=O) groups is 1. The van der Waals surface area contributed by atoms with E-state index in [0.29, 0.717) is 79.7 Å². The Balaban J connectivity index is 1.10. The summed E-state index contributed by atoms with van der Waals surface area (Å²) in [6, 6.07) is 7.45. The van der Waals surface area contributed by atoms with E-state index in [9.17, 15) is 18.4 Å². The fourth-order valence-corrected chi connectivity index (χ4v) is 6.10. The number of nitrogens with zero attached hydrogens (tertiary/aromatic N) is 6. The standard InChI is InChI=1S/C28H31F2N9O4S/c1-32-4-5-33-24(40)16-43-23-15-20(17(29)13-18(23)30)37-9-6-36(7-10-37)8-11-38-26-25(44-28(38)41)21-14-19(22-3-2-12-42-22)35-39(21)27(31)34-26/h2-3,12-15,32H,4-11,16H2,1H3,(H2,31,34)(H,33,40). The molecule has 0 radical (unpaired) electrons. The summed E-state index contributed by atoms with van der Waals surface area (Å²) in [5.74, 6) is -1.43. The number of hydrogen-bond acceptors (Lipinski definition) is 11. The maximum absolute atomic E-state index is 14.8. The minimum atomic E-state index is -0.874. The first-order chi connectivity index (χ1) is 21.3. The molecule has 1 aliphatic heterocycles. The first-order valence-electron chi connectivity index (χ1n) is 14.1. The van der Waals surface area contributed by atoms with Crippen molar-refractivity contribution in [2.45, 2.75) is 6.54 Å². The second-order valence-corrected chi connectivity index (χ2v) is 11.2. The third kappa shape index (κ3) is 5.95. The summed E-state index contributed by atoms with van der Waals surface area (Å²) in [5.41, 5.74) is 8.17. The van der Waals surface area contributed by atoms with Gasteiger partial charge in [-0.25, -0.2) is 8.78 Å². The first-order valence-corrected chi connectivity index (χ1v) is 14.9. The van der Waals surface area contributed by atoms with Gasteiger partial charge in [-0.2, -0.15) is 14.6 Å². The quantitative estimate of drug-likeness (QED) is 0.185. The van der Waals surface area contributed by atoms with Crippen LogP contribution in [-0.4, -0.2) is 89.4 Å². The van der Waals surface area contributed by atoms with Gasteiger partial charge in [0.1, 0.15) is 16.2 Å². The molecule has 6 rings (SSSR count). The average molecular weight is 628 g/mol. The molecule has 0 saturated carbocycles. The molecule has 0 unspecified atom stereocenters. The maximum atomic E-state index is 14.8. The molecule has 44 heavy (non-hydrogen) atoms. The van der Waals surface area contributed by atoms with Crippen molar-refractivity contribution < 1.29 is 22.7 Å². The van der Waals surface area contributed by atoms with E-state index in [1.54, 1.807) is 30.0 Å². The molecule has 13 nitrogen and oxygen atoms in total. The van der Waals surface area contributed by atoms with Gasteiger partial charge in [-0.05, 0) is 25.2 Å². The van der Waals surface area contributed by atoms with Gasteiger partial charge >= 0.3 is 4.87 Å². The lowest BCUT2D eigenvalue weighted by molar-refractivity contribution is -0.123. The van der Waals surface area contributed by atoms with Gasteiger partial charge in [-0.3, -0.25) is 19.1 Å². The molecule has 0 aliphatic carbocycles. The molecule has 5 heterocycles. The maximum Gasteiger partial charge on any atom is 0.309 e. The van der Waals surface area contributed by atoms with Crippen molar-refractivity contribution >= 4 is 44.7 Å². The number of likely N-dealkylation sites (N-methyl/N-ethyl adjacent to an activating group) is 1. The molecule has 1 saturated heterocycles. The SMILES string of the molecule is CNCCNC(=O)COc1cc(N2CCN(CCn3c(=O)sc4c3nc(N)n3nc(-c5ccco5)cc43)CC2)c(F)cc1F. The van der Waals surface area contributed by atoms with Crippen LogP contribution >= 0.6 is 11.3 Å². The molecule has 1 amide bonds. The van der Waals surface area contributed by atoms with Crippen molar-refractivity contribution in [3.05, 3.63) is 57.9 Å². The van der Waals surface area contributed by atoms with E-state index in [4.69, 9.17) is 14.9 Å². The third-order valence-corrected chi connectivity index (χ3v) is 8.42. The Hall–Kier alpha value is -4.54. The van der Waals surface area contributed by atoms with Gasteiger partial charge in [-0.15, -0.1) is 0 Å². The van der Waals surface area contributed by atoms with Crippen molar-refractivity contribution in [2.24, 2.45) is 0 Å². The van der Waals surface area contributed by atoms with Crippen molar-refractivity contribution in [3.63, 3.8) is 0 Å². The molecule has 16 heteroatoms. The summed E-state index contributed by atoms with van der Waals surface area (Å²) in [7, 11) is 1.76. The number of furan rings is 1. The van der Waals surface area contributed by atoms with Crippen LogP contribution in [0.3, 0.4) is 0 Å². The Morgan fingerprint density at radius 3 is 2.70 bits per heavy atom. The van der Waals surface area contributed by atoms with Crippen LogP contribution in [-0.2, 0) is 11.3 Å². The van der Waals surface area contributed by atoms with E-state index in [-0.39, 0.29) is 28.9 Å². The highest BCUT2D eigenvalue weighted by molar-refractivity contribution is 7.17. The zero-order valence-corrected chi connectivity index (χ0v) is 24.7. The minimum absolute atomic E-state index is 0.156. The topological polar surface area (TPSA) is 148 Å². The number of nitrogens with two attached hydrogens (primary N) is 1. The Labute approximate surface area is 253 Å². The zero-order chi connectivity index (χ0) is 30.8. The summed E-state index contributed by atoms with van der Waals surface area (Å²) < 4.78 is 43.8. The minimum Gasteiger partial charge on any atom is -0.481 e. The fourth-order valence-electron chi connectivity index (χ4n) is 5.14. The Morgan fingerprint density at radius 1 is 1.14 bits per heavy atom. The molecule has 1 aliphatic rings. The molecule has 232 valence electrons. The highest BCUT2D eigenvalue weighted by atomic mass is 32.1. The van der Waals surface area contributed by atoms with E-state index >= 15 is 0 Å². The number of hydrogen-bond donors (Lipinski definition) is 3. The third-order valence-electron chi connectivity index (χ3n) is 7.43. The number of aromatic nitrogens is 4. The number of halogens is 2. The molecule has 1 fully saturated rings. The first kappa shape index (κ1) is 29.5. The Bertz CT molecular complexity index is 1850. The monoisotopic (exact) mass is 627 g/mol. The Kier molecular flexibility index (Phi) is 8.45. The van der Waals surface area contributed by atoms with Crippen LogP contribution < -0.4 is 30.9 Å². The smallest absolute Gasteiger partial charge is 0.309 e. The number of anilines is 2. The lowest BCUT2D eigenvalue weighted by Crippen LogP contribution is -2.47. The summed E-state index contributed by atoms with van der Waals surface area (Å²) in [6.07, 6.45) is 1.56. The lowest BCUT2D eigenvalue weighted by Gasteiger charge is -2.36. The molecule has 4 N–H and O–H groups in total. The normalized spacial score (nSPS) is 14.1. The number of nitrogens with one attached hydrogen (secondary N) is 2. The molecule has 0 atom stereocenters. The number of rotatable bonds is 11. The van der Waals surface area contributed by atoms with Gasteiger partial charge in [0.2, 0.25) is 5.95 Å². The highest BCUT2D eigenvalue weighted by Gasteiger charge is 2.23. The molecular weight excluding hydrogens is 596 g/mol. The van der Waals surface area contributed by atoms with Crippen LogP contribution in [0.25, 0.3) is 27.3 Å². The second-order valence-electron chi connectivity index (χ2n) is 10.3. The molecular formula is C28H31F2N9O4S. The predicted molar refractivity (Wildman–Crippen MR) is 162 cm³/mol. The summed E-state index contributed by atoms with van der Waals surface area (Å²) in [4.78, 5) is 33.3. The van der Waals surface area contributed by atoms with Gasteiger partial charge in [0.05, 0.1) is 17.5 Å². The van der Waals surface area contributed by atoms with E-state index in [0.717, 1.165) is 17.4 Å². The van der Waals surface area contributed by atoms with Crippen LogP contribution in [0.4, 0.5) is 20.4 Å². The molecule has 5 aromatic rings. The summed E-state index contributed by atoms with van der Waals surface area (Å²) in [6.45, 7) is 3.69. The molecule has 1 aromatic carbocycles. The zero-order valence-electron chi connectivity index (χ0n) is 23.9. The predicted octanol–water partition coefficient (Wildman–Crippen LogP) is 1.76. The highest BCUT2D eigenvalue weighted by Crippen LogP contribution is 2.30. The number of benzene rings is 1. The second kappa shape index (κ2) is 12.6. The summed E-state index contributed by atoms with van der Waals surface area (Å²) in [5, 5.41) is 10.0. The number of amides is 1. The number of carbonyl (C=O) groups excluding carboxylic acids is 1. The van der Waals surface area contributed by atoms with E-state index < -0.39 is 17.5 Å². The average Bonchev–Trinajstić information content (AvgIpc) is 3.76. The van der Waals surface area contributed by atoms with Gasteiger partial charge in [0.25, 0.3) is 5.91 Å². The van der Waals surface area contributed by atoms with Crippen molar-refractivity contribution in [3.8, 4) is 17.2 Å². The van der Waals surface area contributed by atoms with Crippen LogP contribution in [0.1, 0.15) is 0 Å². The molecule has 4 aromatic heterocycles. The van der Waals surface area contributed by atoms with Crippen LogP contribution in [0.2, 0.25) is 0 Å². The Morgan fingerprint density at radius 2 is 1.95 bits per heavy atom. The van der Waals surface area contributed by atoms with Gasteiger partial charge in [0.15, 0.2) is 29.6 Å². The number of ether oxygens (including phenoxy) is 1. The van der Waals surface area contributed by atoms with Crippen molar-refractivity contribution in [1.29, 1.82) is 0 Å². The van der Waals surface area contributed by atoms with Gasteiger partial charge in [-0.1, -0.05) is 11.3 Å². The van der Waals surface area contributed by atoms with E-state index in [1.807, 2.05) is 11.0 Å². The molecule has 0 bridgehead atoms. The van der Waals surface area contributed by atoms with E-state index in [1.165, 1.54) is 10.6 Å². The van der Waals surface area contributed by atoms with Gasteiger partial charge < -0.3 is 30.4 Å². The van der Waals surface area contributed by atoms with Crippen molar-refractivity contribution in [2.75, 3.05) is 70.1 Å². The number of nitrogen functional groups attached to an aromatic ring is 1. The van der Waals surface area contributed by atoms with Crippen LogP contribution in [0, 0.1) is 11.6 Å². The number of piperazine rings is 1. The van der Waals surface area contributed by atoms with Crippen molar-refractivity contribution in [1.82, 2.24) is 34.7 Å². The van der Waals surface area contributed by atoms with Gasteiger partial charge in [0, 0.05) is 64.5 Å². The summed E-state index contributed by atoms with van der Waals surface area (Å²) >= 11 is 1.09. The fraction of sp³-hybridized carbons (Fsp3) is 0.357. The number of fused-ring (bicyclic) bond motifs is 3. The van der Waals surface area contributed by atoms with Crippen LogP contribution in [0.5, 0.6) is 5.75 Å². The largest absolute Gasteiger partial charge is 0.481 e. The molecule has 0 spiro atoms.